The first-order valence-electron chi connectivity index (χ1n) is 10.8. The molecule has 1 N–H and O–H groups in total. The Balaban J connectivity index is 1.45. The van der Waals surface area contributed by atoms with Gasteiger partial charge in [-0.1, -0.05) is 18.2 Å². The Morgan fingerprint density at radius 2 is 1.73 bits per heavy atom. The third-order valence-corrected chi connectivity index (χ3v) is 6.26. The van der Waals surface area contributed by atoms with Crippen molar-refractivity contribution < 1.29 is 4.74 Å². The lowest BCUT2D eigenvalue weighted by Gasteiger charge is -2.22. The molecule has 5 heteroatoms. The fraction of sp³-hybridized carbons (Fsp3) is 0.400. The lowest BCUT2D eigenvalue weighted by molar-refractivity contribution is 0.304. The maximum absolute atomic E-state index is 6.21. The number of benzene rings is 1. The second kappa shape index (κ2) is 7.47. The van der Waals surface area contributed by atoms with Crippen LogP contribution in [0.2, 0.25) is 0 Å². The van der Waals surface area contributed by atoms with Crippen molar-refractivity contribution in [1.82, 2.24) is 20.3 Å². The SMILES string of the molecule is Cc1nc(C)c(CNC2(c3cnccc3-c3ccccc3OC3CC3)CC2)nc1C. The van der Waals surface area contributed by atoms with Gasteiger partial charge in [-0.25, -0.2) is 0 Å². The Hall–Kier alpha value is -2.79. The van der Waals surface area contributed by atoms with E-state index in [1.54, 1.807) is 0 Å². The van der Waals surface area contributed by atoms with Crippen LogP contribution in [-0.4, -0.2) is 21.1 Å². The molecule has 0 aliphatic heterocycles. The average Bonchev–Trinajstić information content (AvgIpc) is 3.67. The average molecular weight is 401 g/mol. The van der Waals surface area contributed by atoms with Gasteiger partial charge in [-0.2, -0.15) is 0 Å². The summed E-state index contributed by atoms with van der Waals surface area (Å²) in [5.74, 6) is 0.971. The van der Waals surface area contributed by atoms with Gasteiger partial charge in [0.25, 0.3) is 0 Å². The third-order valence-electron chi connectivity index (χ3n) is 6.26. The Bertz CT molecular complexity index is 1090. The Kier molecular flexibility index (Phi) is 4.78. The molecule has 1 aromatic carbocycles. The normalized spacial score (nSPS) is 17.0. The molecule has 5 nitrogen and oxygen atoms in total. The predicted octanol–water partition coefficient (Wildman–Crippen LogP) is 4.78. The summed E-state index contributed by atoms with van der Waals surface area (Å²) in [6.45, 7) is 6.78. The second-order valence-corrected chi connectivity index (χ2v) is 8.60. The summed E-state index contributed by atoms with van der Waals surface area (Å²) < 4.78 is 6.21. The minimum atomic E-state index is -0.0663. The molecule has 0 spiro atoms. The fourth-order valence-corrected chi connectivity index (χ4v) is 4.02. The van der Waals surface area contributed by atoms with Crippen molar-refractivity contribution in [1.29, 1.82) is 0 Å². The minimum Gasteiger partial charge on any atom is -0.490 e. The molecule has 2 aliphatic rings. The van der Waals surface area contributed by atoms with E-state index >= 15 is 0 Å². The van der Waals surface area contributed by atoms with Crippen LogP contribution in [0, 0.1) is 20.8 Å². The van der Waals surface area contributed by atoms with Crippen molar-refractivity contribution in [3.63, 3.8) is 0 Å². The van der Waals surface area contributed by atoms with Crippen LogP contribution in [0.3, 0.4) is 0 Å². The van der Waals surface area contributed by atoms with Gasteiger partial charge in [0.15, 0.2) is 0 Å². The zero-order valence-corrected chi connectivity index (χ0v) is 17.9. The van der Waals surface area contributed by atoms with Gasteiger partial charge in [0, 0.05) is 30.0 Å². The van der Waals surface area contributed by atoms with Crippen molar-refractivity contribution in [3.05, 3.63) is 71.1 Å². The number of aryl methyl sites for hydroxylation is 3. The summed E-state index contributed by atoms with van der Waals surface area (Å²) in [6.07, 6.45) is 8.75. The zero-order valence-electron chi connectivity index (χ0n) is 17.9. The highest BCUT2D eigenvalue weighted by Gasteiger charge is 2.46. The van der Waals surface area contributed by atoms with Gasteiger partial charge in [-0.05, 0) is 69.7 Å². The Morgan fingerprint density at radius 1 is 0.967 bits per heavy atom. The maximum atomic E-state index is 6.21. The smallest absolute Gasteiger partial charge is 0.127 e. The van der Waals surface area contributed by atoms with Crippen LogP contribution >= 0.6 is 0 Å². The molecule has 0 bridgehead atoms. The highest BCUT2D eigenvalue weighted by atomic mass is 16.5. The summed E-state index contributed by atoms with van der Waals surface area (Å²) in [5, 5.41) is 3.79. The van der Waals surface area contributed by atoms with Crippen LogP contribution in [0.15, 0.2) is 42.7 Å². The van der Waals surface area contributed by atoms with Gasteiger partial charge in [0.05, 0.1) is 28.9 Å². The highest BCUT2D eigenvalue weighted by Crippen LogP contribution is 2.50. The molecule has 2 fully saturated rings. The topological polar surface area (TPSA) is 59.9 Å². The zero-order chi connectivity index (χ0) is 20.7. The fourth-order valence-electron chi connectivity index (χ4n) is 4.02. The Morgan fingerprint density at radius 3 is 2.50 bits per heavy atom. The van der Waals surface area contributed by atoms with E-state index in [0.717, 1.165) is 59.8 Å². The number of hydrogen-bond donors (Lipinski definition) is 1. The molecule has 154 valence electrons. The molecule has 3 aromatic rings. The van der Waals surface area contributed by atoms with E-state index in [1.807, 2.05) is 39.2 Å². The highest BCUT2D eigenvalue weighted by molar-refractivity contribution is 5.74. The molecule has 0 saturated heterocycles. The lowest BCUT2D eigenvalue weighted by atomic mass is 9.94. The molecule has 5 rings (SSSR count). The van der Waals surface area contributed by atoms with Crippen molar-refractivity contribution in [2.24, 2.45) is 0 Å². The van der Waals surface area contributed by atoms with Crippen LogP contribution in [0.1, 0.15) is 54.0 Å². The molecule has 2 saturated carbocycles. The van der Waals surface area contributed by atoms with Crippen LogP contribution in [0.4, 0.5) is 0 Å². The molecule has 30 heavy (non-hydrogen) atoms. The number of ether oxygens (including phenoxy) is 1. The van der Waals surface area contributed by atoms with Crippen molar-refractivity contribution in [3.8, 4) is 16.9 Å². The number of nitrogens with zero attached hydrogens (tertiary/aromatic N) is 3. The van der Waals surface area contributed by atoms with Crippen LogP contribution in [-0.2, 0) is 12.1 Å². The van der Waals surface area contributed by atoms with E-state index in [4.69, 9.17) is 9.72 Å². The largest absolute Gasteiger partial charge is 0.490 e. The second-order valence-electron chi connectivity index (χ2n) is 8.60. The minimum absolute atomic E-state index is 0.0663. The van der Waals surface area contributed by atoms with E-state index in [1.165, 1.54) is 11.1 Å². The summed E-state index contributed by atoms with van der Waals surface area (Å²) in [7, 11) is 0. The number of nitrogens with one attached hydrogen (secondary N) is 1. The number of pyridine rings is 1. The van der Waals surface area contributed by atoms with E-state index in [-0.39, 0.29) is 5.54 Å². The van der Waals surface area contributed by atoms with E-state index in [9.17, 15) is 0 Å². The van der Waals surface area contributed by atoms with Gasteiger partial charge < -0.3 is 10.1 Å². The molecular formula is C25H28N4O. The number of para-hydroxylation sites is 1. The number of rotatable bonds is 7. The standard InChI is InChI=1S/C25H28N4O/c1-16-17(2)29-23(18(3)28-16)15-27-25(11-12-25)22-14-26-13-10-20(22)21-6-4-5-7-24(21)30-19-8-9-19/h4-7,10,13-14,19,27H,8-9,11-12,15H2,1-3H3. The third kappa shape index (κ3) is 3.70. The summed E-state index contributed by atoms with van der Waals surface area (Å²) >= 11 is 0. The maximum Gasteiger partial charge on any atom is 0.127 e. The van der Waals surface area contributed by atoms with Gasteiger partial charge in [-0.15, -0.1) is 0 Å². The molecule has 0 radical (unpaired) electrons. The van der Waals surface area contributed by atoms with Gasteiger partial charge in [-0.3, -0.25) is 15.0 Å². The first kappa shape index (κ1) is 19.2. The van der Waals surface area contributed by atoms with E-state index < -0.39 is 0 Å². The van der Waals surface area contributed by atoms with E-state index in [0.29, 0.717) is 12.6 Å². The molecule has 2 aliphatic carbocycles. The molecular weight excluding hydrogens is 372 g/mol. The predicted molar refractivity (Wildman–Crippen MR) is 117 cm³/mol. The van der Waals surface area contributed by atoms with Gasteiger partial charge >= 0.3 is 0 Å². The van der Waals surface area contributed by atoms with Crippen LogP contribution in [0.5, 0.6) is 5.75 Å². The van der Waals surface area contributed by atoms with Crippen molar-refractivity contribution >= 4 is 0 Å². The number of aromatic nitrogens is 3. The molecule has 2 heterocycles. The van der Waals surface area contributed by atoms with E-state index in [2.05, 4.69) is 39.6 Å². The first-order chi connectivity index (χ1) is 14.6. The van der Waals surface area contributed by atoms with Gasteiger partial charge in [0.1, 0.15) is 5.75 Å². The lowest BCUT2D eigenvalue weighted by Crippen LogP contribution is -2.30. The van der Waals surface area contributed by atoms with Crippen molar-refractivity contribution in [2.45, 2.75) is 64.6 Å². The monoisotopic (exact) mass is 400 g/mol. The van der Waals surface area contributed by atoms with Gasteiger partial charge in [0.2, 0.25) is 0 Å². The molecule has 2 aromatic heterocycles. The summed E-state index contributed by atoms with van der Waals surface area (Å²) in [6, 6.07) is 10.5. The molecule has 0 unspecified atom stereocenters. The quantitative estimate of drug-likeness (QED) is 0.618. The molecule has 0 atom stereocenters. The Labute approximate surface area is 178 Å². The van der Waals surface area contributed by atoms with Crippen LogP contribution in [0.25, 0.3) is 11.1 Å². The van der Waals surface area contributed by atoms with Crippen LogP contribution < -0.4 is 10.1 Å². The summed E-state index contributed by atoms with van der Waals surface area (Å²) in [5.41, 5.74) is 7.54. The first-order valence-corrected chi connectivity index (χ1v) is 10.8. The van der Waals surface area contributed by atoms with Crippen molar-refractivity contribution in [2.75, 3.05) is 0 Å². The summed E-state index contributed by atoms with van der Waals surface area (Å²) in [4.78, 5) is 13.9. The molecule has 0 amide bonds. The number of hydrogen-bond acceptors (Lipinski definition) is 5.